The number of aryl methyl sites for hydroxylation is 1. The van der Waals surface area contributed by atoms with Crippen molar-refractivity contribution in [2.75, 3.05) is 17.7 Å². The fourth-order valence-electron chi connectivity index (χ4n) is 2.12. The number of anilines is 3. The second-order valence-electron chi connectivity index (χ2n) is 4.46. The van der Waals surface area contributed by atoms with E-state index in [4.69, 9.17) is 5.73 Å². The second kappa shape index (κ2) is 5.26. The van der Waals surface area contributed by atoms with E-state index < -0.39 is 6.43 Å². The van der Waals surface area contributed by atoms with E-state index in [0.717, 1.165) is 11.3 Å². The van der Waals surface area contributed by atoms with Crippen molar-refractivity contribution in [1.82, 2.24) is 0 Å². The minimum absolute atomic E-state index is 0.0502. The smallest absolute Gasteiger partial charge is 0.265 e. The van der Waals surface area contributed by atoms with Crippen LogP contribution in [0.2, 0.25) is 0 Å². The predicted molar refractivity (Wildman–Crippen MR) is 75.1 cm³/mol. The molecule has 0 aromatic heterocycles. The molecule has 2 aromatic rings. The summed E-state index contributed by atoms with van der Waals surface area (Å²) in [5.41, 5.74) is 8.27. The lowest BCUT2D eigenvalue weighted by Crippen LogP contribution is -2.13. The first-order chi connectivity index (χ1) is 9.00. The van der Waals surface area contributed by atoms with Gasteiger partial charge in [-0.3, -0.25) is 0 Å². The summed E-state index contributed by atoms with van der Waals surface area (Å²) in [6.07, 6.45) is -2.55. The Labute approximate surface area is 111 Å². The highest BCUT2D eigenvalue weighted by Gasteiger charge is 2.17. The Kier molecular flexibility index (Phi) is 3.69. The third-order valence-electron chi connectivity index (χ3n) is 3.12. The Morgan fingerprint density at radius 1 is 1.05 bits per heavy atom. The van der Waals surface area contributed by atoms with Crippen molar-refractivity contribution in [2.24, 2.45) is 0 Å². The van der Waals surface area contributed by atoms with E-state index >= 15 is 0 Å². The summed E-state index contributed by atoms with van der Waals surface area (Å²) in [7, 11) is 1.78. The molecule has 100 valence electrons. The zero-order valence-electron chi connectivity index (χ0n) is 10.9. The van der Waals surface area contributed by atoms with Gasteiger partial charge in [0.25, 0.3) is 6.43 Å². The maximum absolute atomic E-state index is 13.1. The Morgan fingerprint density at radius 2 is 1.74 bits per heavy atom. The van der Waals surface area contributed by atoms with Crippen LogP contribution in [0.1, 0.15) is 17.6 Å². The van der Waals surface area contributed by atoms with E-state index in [-0.39, 0.29) is 5.56 Å². The molecule has 0 atom stereocenters. The summed E-state index contributed by atoms with van der Waals surface area (Å²) in [5, 5.41) is 0. The molecule has 0 unspecified atom stereocenters. The van der Waals surface area contributed by atoms with Crippen LogP contribution < -0.4 is 10.6 Å². The molecule has 2 rings (SSSR count). The van der Waals surface area contributed by atoms with Gasteiger partial charge >= 0.3 is 0 Å². The summed E-state index contributed by atoms with van der Waals surface area (Å²) in [6.45, 7) is 1.95. The summed E-state index contributed by atoms with van der Waals surface area (Å²) in [4.78, 5) is 1.76. The standard InChI is InChI=1S/C15H16F2N2/c1-10-5-3-4-6-13(10)19(2)14-8-7-11(18)9-12(14)15(16)17/h3-9,15H,18H2,1-2H3. The lowest BCUT2D eigenvalue weighted by molar-refractivity contribution is 0.152. The summed E-state index contributed by atoms with van der Waals surface area (Å²) in [6, 6.07) is 12.3. The SMILES string of the molecule is Cc1ccccc1N(C)c1ccc(N)cc1C(F)F. The maximum atomic E-state index is 13.1. The minimum atomic E-state index is -2.55. The van der Waals surface area contributed by atoms with E-state index in [0.29, 0.717) is 11.4 Å². The van der Waals surface area contributed by atoms with Crippen LogP contribution >= 0.6 is 0 Å². The van der Waals surface area contributed by atoms with E-state index in [2.05, 4.69) is 0 Å². The van der Waals surface area contributed by atoms with Crippen LogP contribution in [-0.4, -0.2) is 7.05 Å². The first-order valence-electron chi connectivity index (χ1n) is 5.97. The van der Waals surface area contributed by atoms with E-state index in [9.17, 15) is 8.78 Å². The van der Waals surface area contributed by atoms with Gasteiger partial charge in [0, 0.05) is 29.7 Å². The molecule has 0 amide bonds. The third kappa shape index (κ3) is 2.67. The quantitative estimate of drug-likeness (QED) is 0.836. The minimum Gasteiger partial charge on any atom is -0.399 e. The summed E-state index contributed by atoms with van der Waals surface area (Å²) in [5.74, 6) is 0. The fraction of sp³-hybridized carbons (Fsp3) is 0.200. The van der Waals surface area contributed by atoms with Crippen molar-refractivity contribution < 1.29 is 8.78 Å². The van der Waals surface area contributed by atoms with Crippen molar-refractivity contribution in [3.63, 3.8) is 0 Å². The number of nitrogens with zero attached hydrogens (tertiary/aromatic N) is 1. The molecule has 0 saturated heterocycles. The van der Waals surface area contributed by atoms with Crippen molar-refractivity contribution in [1.29, 1.82) is 0 Å². The number of hydrogen-bond donors (Lipinski definition) is 1. The van der Waals surface area contributed by atoms with Crippen molar-refractivity contribution >= 4 is 17.1 Å². The highest BCUT2D eigenvalue weighted by Crippen LogP contribution is 2.35. The van der Waals surface area contributed by atoms with Crippen LogP contribution in [-0.2, 0) is 0 Å². The van der Waals surface area contributed by atoms with Crippen molar-refractivity contribution in [2.45, 2.75) is 13.3 Å². The molecule has 2 aromatic carbocycles. The summed E-state index contributed by atoms with van der Waals surface area (Å²) < 4.78 is 26.2. The molecule has 0 fully saturated rings. The highest BCUT2D eigenvalue weighted by molar-refractivity contribution is 5.70. The Morgan fingerprint density at radius 3 is 2.37 bits per heavy atom. The number of rotatable bonds is 3. The van der Waals surface area contributed by atoms with E-state index in [1.54, 1.807) is 24.1 Å². The monoisotopic (exact) mass is 262 g/mol. The largest absolute Gasteiger partial charge is 0.399 e. The van der Waals surface area contributed by atoms with Gasteiger partial charge in [0.15, 0.2) is 0 Å². The Bertz CT molecular complexity index is 582. The van der Waals surface area contributed by atoms with Gasteiger partial charge in [-0.25, -0.2) is 8.78 Å². The molecule has 0 aliphatic rings. The molecule has 0 radical (unpaired) electrons. The lowest BCUT2D eigenvalue weighted by atomic mass is 10.1. The third-order valence-corrected chi connectivity index (χ3v) is 3.12. The number of nitrogens with two attached hydrogens (primary N) is 1. The van der Waals surface area contributed by atoms with E-state index in [1.165, 1.54) is 6.07 Å². The van der Waals surface area contributed by atoms with Crippen LogP contribution in [0.5, 0.6) is 0 Å². The molecule has 2 nitrogen and oxygen atoms in total. The van der Waals surface area contributed by atoms with Gasteiger partial charge in [0.1, 0.15) is 0 Å². The predicted octanol–water partition coefficient (Wildman–Crippen LogP) is 4.28. The first kappa shape index (κ1) is 13.3. The number of hydrogen-bond acceptors (Lipinski definition) is 2. The molecule has 4 heteroatoms. The van der Waals surface area contributed by atoms with Crippen LogP contribution in [0.3, 0.4) is 0 Å². The number of alkyl halides is 2. The molecular formula is C15H16F2N2. The van der Waals surface area contributed by atoms with Crippen LogP contribution in [0, 0.1) is 6.92 Å². The Balaban J connectivity index is 2.50. The van der Waals surface area contributed by atoms with Gasteiger partial charge in [-0.05, 0) is 36.8 Å². The molecule has 2 N–H and O–H groups in total. The fourth-order valence-corrected chi connectivity index (χ4v) is 2.12. The molecule has 0 aliphatic carbocycles. The molecule has 19 heavy (non-hydrogen) atoms. The van der Waals surface area contributed by atoms with Gasteiger partial charge in [-0.2, -0.15) is 0 Å². The molecule has 0 bridgehead atoms. The van der Waals surface area contributed by atoms with Crippen LogP contribution in [0.4, 0.5) is 25.8 Å². The Hall–Kier alpha value is -2.10. The normalized spacial score (nSPS) is 10.8. The average Bonchev–Trinajstić information content (AvgIpc) is 2.38. The van der Waals surface area contributed by atoms with Crippen molar-refractivity contribution in [3.8, 4) is 0 Å². The lowest BCUT2D eigenvalue weighted by Gasteiger charge is -2.24. The topological polar surface area (TPSA) is 29.3 Å². The molecule has 0 aliphatic heterocycles. The van der Waals surface area contributed by atoms with E-state index in [1.807, 2.05) is 31.2 Å². The zero-order valence-corrected chi connectivity index (χ0v) is 10.9. The highest BCUT2D eigenvalue weighted by atomic mass is 19.3. The van der Waals surface area contributed by atoms with Gasteiger partial charge in [0.2, 0.25) is 0 Å². The first-order valence-corrected chi connectivity index (χ1v) is 5.97. The molecule has 0 heterocycles. The van der Waals surface area contributed by atoms with Gasteiger partial charge in [-0.1, -0.05) is 18.2 Å². The zero-order chi connectivity index (χ0) is 14.0. The number of para-hydroxylation sites is 1. The number of nitrogen functional groups attached to an aromatic ring is 1. The summed E-state index contributed by atoms with van der Waals surface area (Å²) >= 11 is 0. The second-order valence-corrected chi connectivity index (χ2v) is 4.46. The van der Waals surface area contributed by atoms with Crippen molar-refractivity contribution in [3.05, 3.63) is 53.6 Å². The van der Waals surface area contributed by atoms with Gasteiger partial charge < -0.3 is 10.6 Å². The number of benzene rings is 2. The molecule has 0 spiro atoms. The van der Waals surface area contributed by atoms with Crippen LogP contribution in [0.25, 0.3) is 0 Å². The van der Waals surface area contributed by atoms with Gasteiger partial charge in [0.05, 0.1) is 0 Å². The van der Waals surface area contributed by atoms with Gasteiger partial charge in [-0.15, -0.1) is 0 Å². The number of halogens is 2. The average molecular weight is 262 g/mol. The maximum Gasteiger partial charge on any atom is 0.265 e. The molecule has 0 saturated carbocycles. The van der Waals surface area contributed by atoms with Crippen LogP contribution in [0.15, 0.2) is 42.5 Å². The molecular weight excluding hydrogens is 246 g/mol.